The van der Waals surface area contributed by atoms with Crippen molar-refractivity contribution in [1.82, 2.24) is 0 Å². The van der Waals surface area contributed by atoms with E-state index in [1.807, 2.05) is 0 Å². The number of carbonyl (C=O) groups is 1. The van der Waals surface area contributed by atoms with Gasteiger partial charge in [0.15, 0.2) is 0 Å². The van der Waals surface area contributed by atoms with Crippen LogP contribution in [0.4, 0.5) is 0 Å². The molecule has 0 aliphatic heterocycles. The molecule has 12 heavy (non-hydrogen) atoms. The predicted molar refractivity (Wildman–Crippen MR) is 58.5 cm³/mol. The maximum absolute atomic E-state index is 10.9. The molecule has 0 saturated carbocycles. The Bertz CT molecular complexity index is 136. The third kappa shape index (κ3) is 5.80. The molecule has 0 heterocycles. The average molecular weight is 284 g/mol. The zero-order chi connectivity index (χ0) is 9.56. The second kappa shape index (κ2) is 6.69. The van der Waals surface area contributed by atoms with E-state index in [1.54, 1.807) is 0 Å². The van der Waals surface area contributed by atoms with Crippen LogP contribution in [-0.4, -0.2) is 17.5 Å². The number of hydrogen-bond acceptors (Lipinski definition) is 2. The van der Waals surface area contributed by atoms with Crippen molar-refractivity contribution in [3.05, 3.63) is 0 Å². The lowest BCUT2D eigenvalue weighted by Crippen LogP contribution is -2.10. The molecule has 0 aromatic carbocycles. The molecule has 1 unspecified atom stereocenters. The molecule has 0 radical (unpaired) electrons. The minimum absolute atomic E-state index is 0.0943. The van der Waals surface area contributed by atoms with Crippen molar-refractivity contribution in [2.24, 2.45) is 11.8 Å². The van der Waals surface area contributed by atoms with Crippen LogP contribution in [0.5, 0.6) is 0 Å². The highest BCUT2D eigenvalue weighted by molar-refractivity contribution is 14.1. The van der Waals surface area contributed by atoms with Gasteiger partial charge < -0.3 is 4.74 Å². The van der Waals surface area contributed by atoms with Crippen LogP contribution >= 0.6 is 22.6 Å². The van der Waals surface area contributed by atoms with Gasteiger partial charge in [-0.3, -0.25) is 4.79 Å². The molecule has 0 aliphatic rings. The molecule has 72 valence electrons. The number of halogens is 1. The van der Waals surface area contributed by atoms with Crippen molar-refractivity contribution in [2.45, 2.75) is 26.7 Å². The monoisotopic (exact) mass is 284 g/mol. The average Bonchev–Trinajstić information content (AvgIpc) is 2.03. The number of alkyl halides is 1. The molecule has 0 rings (SSSR count). The highest BCUT2D eigenvalue weighted by Gasteiger charge is 2.11. The number of ether oxygens (including phenoxy) is 1. The summed E-state index contributed by atoms with van der Waals surface area (Å²) in [5.74, 6) is 1.05. The fourth-order valence-electron chi connectivity index (χ4n) is 1.20. The Hall–Kier alpha value is 0.200. The van der Waals surface area contributed by atoms with Crippen molar-refractivity contribution in [2.75, 3.05) is 11.5 Å². The van der Waals surface area contributed by atoms with E-state index in [2.05, 4.69) is 41.2 Å². The Kier molecular flexibility index (Phi) is 6.80. The summed E-state index contributed by atoms with van der Waals surface area (Å²) in [6, 6.07) is 0. The van der Waals surface area contributed by atoms with Gasteiger partial charge in [0.1, 0.15) is 0 Å². The normalized spacial score (nSPS) is 15.3. The highest BCUT2D eigenvalue weighted by atomic mass is 127. The van der Waals surface area contributed by atoms with Crippen molar-refractivity contribution >= 4 is 28.6 Å². The van der Waals surface area contributed by atoms with E-state index in [-0.39, 0.29) is 5.97 Å². The molecule has 0 N–H and O–H groups in total. The third-order valence-electron chi connectivity index (χ3n) is 1.81. The predicted octanol–water partition coefficient (Wildman–Crippen LogP) is 2.65. The minimum atomic E-state index is -0.0943. The quantitative estimate of drug-likeness (QED) is 0.441. The molecule has 3 heteroatoms. The van der Waals surface area contributed by atoms with Crippen LogP contribution in [-0.2, 0) is 9.53 Å². The van der Waals surface area contributed by atoms with Gasteiger partial charge in [-0.05, 0) is 18.3 Å². The lowest BCUT2D eigenvalue weighted by atomic mass is 9.96. The second-order valence-electron chi connectivity index (χ2n) is 3.38. The first-order valence-electron chi connectivity index (χ1n) is 4.23. The molecule has 0 spiro atoms. The van der Waals surface area contributed by atoms with Crippen molar-refractivity contribution in [1.29, 1.82) is 0 Å². The minimum Gasteiger partial charge on any atom is -0.469 e. The van der Waals surface area contributed by atoms with E-state index in [4.69, 9.17) is 0 Å². The van der Waals surface area contributed by atoms with E-state index in [9.17, 15) is 4.79 Å². The fraction of sp³-hybridized carbons (Fsp3) is 0.889. The van der Waals surface area contributed by atoms with Gasteiger partial charge in [0.05, 0.1) is 7.11 Å². The zero-order valence-corrected chi connectivity index (χ0v) is 10.1. The van der Waals surface area contributed by atoms with Gasteiger partial charge in [0, 0.05) is 10.8 Å². The van der Waals surface area contributed by atoms with Gasteiger partial charge in [0.25, 0.3) is 0 Å². The summed E-state index contributed by atoms with van der Waals surface area (Å²) in [6.07, 6.45) is 1.66. The smallest absolute Gasteiger partial charge is 0.305 e. The molecular formula is C9H17IO2. The van der Waals surface area contributed by atoms with Crippen LogP contribution in [0, 0.1) is 11.8 Å². The standard InChI is InChI=1S/C9H17IO2/c1-7(4-8(2)6-10)5-9(11)12-3/h7-8H,4-6H2,1-3H3/t7-,8?/m1/s1. The maximum atomic E-state index is 10.9. The van der Waals surface area contributed by atoms with E-state index >= 15 is 0 Å². The molecular weight excluding hydrogens is 267 g/mol. The Labute approximate surface area is 88.2 Å². The van der Waals surface area contributed by atoms with Crippen molar-refractivity contribution in [3.63, 3.8) is 0 Å². The number of esters is 1. The summed E-state index contributed by atoms with van der Waals surface area (Å²) in [6.45, 7) is 4.31. The Morgan fingerprint density at radius 3 is 2.42 bits per heavy atom. The second-order valence-corrected chi connectivity index (χ2v) is 4.26. The maximum Gasteiger partial charge on any atom is 0.305 e. The van der Waals surface area contributed by atoms with Crippen LogP contribution in [0.1, 0.15) is 26.7 Å². The summed E-state index contributed by atoms with van der Waals surface area (Å²) >= 11 is 2.37. The van der Waals surface area contributed by atoms with Gasteiger partial charge >= 0.3 is 5.97 Å². The topological polar surface area (TPSA) is 26.3 Å². The van der Waals surface area contributed by atoms with E-state index in [0.29, 0.717) is 18.3 Å². The van der Waals surface area contributed by atoms with Gasteiger partial charge in [0.2, 0.25) is 0 Å². The number of rotatable bonds is 5. The molecule has 0 aliphatic carbocycles. The molecule has 0 fully saturated rings. The zero-order valence-electron chi connectivity index (χ0n) is 7.97. The molecule has 0 saturated heterocycles. The first-order chi connectivity index (χ1) is 5.60. The largest absolute Gasteiger partial charge is 0.469 e. The first-order valence-corrected chi connectivity index (χ1v) is 5.75. The molecule has 0 bridgehead atoms. The SMILES string of the molecule is COC(=O)C[C@H](C)CC(C)CI. The summed E-state index contributed by atoms with van der Waals surface area (Å²) in [5, 5.41) is 0. The van der Waals surface area contributed by atoms with Crippen molar-refractivity contribution in [3.8, 4) is 0 Å². The van der Waals surface area contributed by atoms with Gasteiger partial charge in [-0.1, -0.05) is 36.4 Å². The van der Waals surface area contributed by atoms with E-state index in [0.717, 1.165) is 10.8 Å². The molecule has 0 aromatic rings. The van der Waals surface area contributed by atoms with Gasteiger partial charge in [-0.25, -0.2) is 0 Å². The number of carbonyl (C=O) groups excluding carboxylic acids is 1. The highest BCUT2D eigenvalue weighted by Crippen LogP contribution is 2.17. The molecule has 0 aromatic heterocycles. The third-order valence-corrected chi connectivity index (χ3v) is 3.31. The van der Waals surface area contributed by atoms with E-state index in [1.165, 1.54) is 7.11 Å². The summed E-state index contributed by atoms with van der Waals surface area (Å²) in [5.41, 5.74) is 0. The fourth-order valence-corrected chi connectivity index (χ4v) is 1.56. The Balaban J connectivity index is 3.58. The van der Waals surface area contributed by atoms with Crippen LogP contribution in [0.2, 0.25) is 0 Å². The summed E-state index contributed by atoms with van der Waals surface area (Å²) < 4.78 is 5.75. The molecule has 2 nitrogen and oxygen atoms in total. The van der Waals surface area contributed by atoms with Crippen LogP contribution in [0.15, 0.2) is 0 Å². The molecule has 2 atom stereocenters. The number of hydrogen-bond donors (Lipinski definition) is 0. The van der Waals surface area contributed by atoms with Crippen molar-refractivity contribution < 1.29 is 9.53 Å². The van der Waals surface area contributed by atoms with Crippen LogP contribution in [0.3, 0.4) is 0 Å². The number of methoxy groups -OCH3 is 1. The van der Waals surface area contributed by atoms with Gasteiger partial charge in [-0.15, -0.1) is 0 Å². The first kappa shape index (κ1) is 12.2. The lowest BCUT2D eigenvalue weighted by molar-refractivity contribution is -0.141. The Morgan fingerprint density at radius 1 is 1.42 bits per heavy atom. The summed E-state index contributed by atoms with van der Waals surface area (Å²) in [7, 11) is 1.44. The summed E-state index contributed by atoms with van der Waals surface area (Å²) in [4.78, 5) is 10.9. The Morgan fingerprint density at radius 2 is 2.00 bits per heavy atom. The van der Waals surface area contributed by atoms with Crippen LogP contribution < -0.4 is 0 Å². The lowest BCUT2D eigenvalue weighted by Gasteiger charge is -2.13. The van der Waals surface area contributed by atoms with Gasteiger partial charge in [-0.2, -0.15) is 0 Å². The van der Waals surface area contributed by atoms with Crippen LogP contribution in [0.25, 0.3) is 0 Å². The molecule has 0 amide bonds. The van der Waals surface area contributed by atoms with E-state index < -0.39 is 0 Å².